The van der Waals surface area contributed by atoms with Gasteiger partial charge in [0.25, 0.3) is 0 Å². The number of aromatic nitrogens is 1. The largest absolute Gasteiger partial charge is 0.399 e. The van der Waals surface area contributed by atoms with Crippen molar-refractivity contribution in [3.63, 3.8) is 0 Å². The molecule has 1 heterocycles. The molecule has 0 aliphatic heterocycles. The van der Waals surface area contributed by atoms with Crippen molar-refractivity contribution in [3.8, 4) is 21.8 Å². The Kier molecular flexibility index (Phi) is 3.01. The van der Waals surface area contributed by atoms with Gasteiger partial charge in [-0.3, -0.25) is 0 Å². The monoisotopic (exact) mass is 270 g/mol. The van der Waals surface area contributed by atoms with Gasteiger partial charge in [0, 0.05) is 22.2 Å². The molecule has 0 fully saturated rings. The first kappa shape index (κ1) is 11.9. The van der Waals surface area contributed by atoms with Gasteiger partial charge in [-0.15, -0.1) is 11.3 Å². The third-order valence-corrected chi connectivity index (χ3v) is 3.69. The summed E-state index contributed by atoms with van der Waals surface area (Å²) in [4.78, 5) is 4.48. The maximum atomic E-state index is 13.7. The highest BCUT2D eigenvalue weighted by Gasteiger charge is 2.09. The normalized spacial score (nSPS) is 10.6. The SMILES string of the molecule is Nc1ccc(-c2csc(-c3ccccc3F)n2)cc1. The first-order chi connectivity index (χ1) is 9.24. The Hall–Kier alpha value is -2.20. The lowest BCUT2D eigenvalue weighted by molar-refractivity contribution is 0.631. The molecule has 0 unspecified atom stereocenters. The maximum Gasteiger partial charge on any atom is 0.133 e. The van der Waals surface area contributed by atoms with Gasteiger partial charge < -0.3 is 5.73 Å². The molecule has 0 saturated carbocycles. The Morgan fingerprint density at radius 3 is 2.47 bits per heavy atom. The standard InChI is InChI=1S/C15H11FN2S/c16-13-4-2-1-3-12(13)15-18-14(9-19-15)10-5-7-11(17)8-6-10/h1-9H,17H2. The second-order valence-electron chi connectivity index (χ2n) is 4.14. The highest BCUT2D eigenvalue weighted by molar-refractivity contribution is 7.13. The molecule has 19 heavy (non-hydrogen) atoms. The molecule has 94 valence electrons. The summed E-state index contributed by atoms with van der Waals surface area (Å²) in [5.74, 6) is -0.249. The van der Waals surface area contributed by atoms with Crippen molar-refractivity contribution < 1.29 is 4.39 Å². The van der Waals surface area contributed by atoms with Gasteiger partial charge in [-0.05, 0) is 24.3 Å². The Bertz CT molecular complexity index is 704. The van der Waals surface area contributed by atoms with E-state index in [1.54, 1.807) is 12.1 Å². The molecule has 0 radical (unpaired) electrons. The van der Waals surface area contributed by atoms with Crippen LogP contribution in [0.2, 0.25) is 0 Å². The average Bonchev–Trinajstić information content (AvgIpc) is 2.89. The maximum absolute atomic E-state index is 13.7. The minimum atomic E-state index is -0.249. The molecular weight excluding hydrogens is 259 g/mol. The quantitative estimate of drug-likeness (QED) is 0.709. The summed E-state index contributed by atoms with van der Waals surface area (Å²) in [5, 5.41) is 2.61. The van der Waals surface area contributed by atoms with Crippen LogP contribution in [0.25, 0.3) is 21.8 Å². The van der Waals surface area contributed by atoms with Gasteiger partial charge in [0.1, 0.15) is 10.8 Å². The number of nitrogen functional groups attached to an aromatic ring is 1. The summed E-state index contributed by atoms with van der Waals surface area (Å²) in [5.41, 5.74) is 8.72. The van der Waals surface area contributed by atoms with Gasteiger partial charge in [-0.25, -0.2) is 9.37 Å². The van der Waals surface area contributed by atoms with Crippen LogP contribution < -0.4 is 5.73 Å². The smallest absolute Gasteiger partial charge is 0.133 e. The molecule has 2 nitrogen and oxygen atoms in total. The third kappa shape index (κ3) is 2.35. The molecular formula is C15H11FN2S. The van der Waals surface area contributed by atoms with Crippen molar-refractivity contribution in [3.05, 3.63) is 59.7 Å². The summed E-state index contributed by atoms with van der Waals surface area (Å²) < 4.78 is 13.7. The number of rotatable bonds is 2. The first-order valence-electron chi connectivity index (χ1n) is 5.80. The molecule has 0 spiro atoms. The number of anilines is 1. The number of hydrogen-bond donors (Lipinski definition) is 1. The van der Waals surface area contributed by atoms with E-state index >= 15 is 0 Å². The zero-order valence-corrected chi connectivity index (χ0v) is 10.8. The summed E-state index contributed by atoms with van der Waals surface area (Å²) in [6.07, 6.45) is 0. The number of halogens is 1. The molecule has 3 aromatic rings. The van der Waals surface area contributed by atoms with Crippen molar-refractivity contribution in [2.75, 3.05) is 5.73 Å². The molecule has 0 bridgehead atoms. The molecule has 0 amide bonds. The molecule has 0 aliphatic rings. The van der Waals surface area contributed by atoms with E-state index in [1.807, 2.05) is 35.7 Å². The highest BCUT2D eigenvalue weighted by Crippen LogP contribution is 2.30. The van der Waals surface area contributed by atoms with Crippen molar-refractivity contribution in [1.82, 2.24) is 4.98 Å². The fraction of sp³-hybridized carbons (Fsp3) is 0. The lowest BCUT2D eigenvalue weighted by Gasteiger charge is -1.98. The van der Waals surface area contributed by atoms with Gasteiger partial charge >= 0.3 is 0 Å². The van der Waals surface area contributed by atoms with Crippen molar-refractivity contribution >= 4 is 17.0 Å². The van der Waals surface area contributed by atoms with E-state index in [0.717, 1.165) is 11.3 Å². The van der Waals surface area contributed by atoms with Crippen LogP contribution >= 0.6 is 11.3 Å². The van der Waals surface area contributed by atoms with Crippen LogP contribution in [0.4, 0.5) is 10.1 Å². The first-order valence-corrected chi connectivity index (χ1v) is 6.68. The van der Waals surface area contributed by atoms with E-state index in [4.69, 9.17) is 5.73 Å². The Morgan fingerprint density at radius 1 is 1.00 bits per heavy atom. The van der Waals surface area contributed by atoms with Crippen LogP contribution in [0.1, 0.15) is 0 Å². The minimum absolute atomic E-state index is 0.249. The summed E-state index contributed by atoms with van der Waals surface area (Å²) >= 11 is 1.43. The second kappa shape index (κ2) is 4.82. The highest BCUT2D eigenvalue weighted by atomic mass is 32.1. The van der Waals surface area contributed by atoms with E-state index in [9.17, 15) is 4.39 Å². The number of nitrogens with zero attached hydrogens (tertiary/aromatic N) is 1. The zero-order chi connectivity index (χ0) is 13.2. The van der Waals surface area contributed by atoms with E-state index < -0.39 is 0 Å². The number of benzene rings is 2. The molecule has 3 rings (SSSR count). The lowest BCUT2D eigenvalue weighted by Crippen LogP contribution is -1.85. The van der Waals surface area contributed by atoms with E-state index in [1.165, 1.54) is 17.4 Å². The Morgan fingerprint density at radius 2 is 1.74 bits per heavy atom. The molecule has 4 heteroatoms. The van der Waals surface area contributed by atoms with Crippen LogP contribution in [0.5, 0.6) is 0 Å². The van der Waals surface area contributed by atoms with Gasteiger partial charge in [-0.1, -0.05) is 24.3 Å². The lowest BCUT2D eigenvalue weighted by atomic mass is 10.1. The summed E-state index contributed by atoms with van der Waals surface area (Å²) in [6, 6.07) is 14.1. The summed E-state index contributed by atoms with van der Waals surface area (Å²) in [7, 11) is 0. The molecule has 0 atom stereocenters. The third-order valence-electron chi connectivity index (χ3n) is 2.81. The zero-order valence-electron chi connectivity index (χ0n) is 10.0. The van der Waals surface area contributed by atoms with Gasteiger partial charge in [-0.2, -0.15) is 0 Å². The van der Waals surface area contributed by atoms with E-state index in [-0.39, 0.29) is 5.82 Å². The fourth-order valence-corrected chi connectivity index (χ4v) is 2.67. The van der Waals surface area contributed by atoms with E-state index in [2.05, 4.69) is 4.98 Å². The predicted octanol–water partition coefficient (Wildman–Crippen LogP) is 4.20. The molecule has 2 N–H and O–H groups in total. The number of thiazole rings is 1. The van der Waals surface area contributed by atoms with Crippen LogP contribution in [-0.4, -0.2) is 4.98 Å². The van der Waals surface area contributed by atoms with Crippen molar-refractivity contribution in [2.45, 2.75) is 0 Å². The second-order valence-corrected chi connectivity index (χ2v) is 5.00. The molecule has 1 aromatic heterocycles. The number of hydrogen-bond acceptors (Lipinski definition) is 3. The minimum Gasteiger partial charge on any atom is -0.399 e. The van der Waals surface area contributed by atoms with Crippen LogP contribution in [0.15, 0.2) is 53.9 Å². The Labute approximate surface area is 114 Å². The molecule has 0 saturated heterocycles. The van der Waals surface area contributed by atoms with Gasteiger partial charge in [0.05, 0.1) is 5.69 Å². The van der Waals surface area contributed by atoms with Gasteiger partial charge in [0.2, 0.25) is 0 Å². The average molecular weight is 270 g/mol. The topological polar surface area (TPSA) is 38.9 Å². The number of nitrogens with two attached hydrogens (primary N) is 1. The van der Waals surface area contributed by atoms with Crippen LogP contribution in [0.3, 0.4) is 0 Å². The van der Waals surface area contributed by atoms with Crippen molar-refractivity contribution in [2.24, 2.45) is 0 Å². The summed E-state index contributed by atoms with van der Waals surface area (Å²) in [6.45, 7) is 0. The fourth-order valence-electron chi connectivity index (χ4n) is 1.82. The molecule has 2 aromatic carbocycles. The van der Waals surface area contributed by atoms with Gasteiger partial charge in [0.15, 0.2) is 0 Å². The molecule has 0 aliphatic carbocycles. The Balaban J connectivity index is 2.00. The van der Waals surface area contributed by atoms with Crippen LogP contribution in [0, 0.1) is 5.82 Å². The van der Waals surface area contributed by atoms with E-state index in [0.29, 0.717) is 16.3 Å². The van der Waals surface area contributed by atoms with Crippen LogP contribution in [-0.2, 0) is 0 Å². The predicted molar refractivity (Wildman–Crippen MR) is 77.4 cm³/mol. The van der Waals surface area contributed by atoms with Crippen molar-refractivity contribution in [1.29, 1.82) is 0 Å².